The van der Waals surface area contributed by atoms with Crippen LogP contribution in [0.25, 0.3) is 0 Å². The van der Waals surface area contributed by atoms with Gasteiger partial charge in [0.15, 0.2) is 5.69 Å². The Labute approximate surface area is 225 Å². The Morgan fingerprint density at radius 3 is 2.76 bits per heavy atom. The molecule has 2 N–H and O–H groups in total. The van der Waals surface area contributed by atoms with Gasteiger partial charge in [-0.1, -0.05) is 31.1 Å². The van der Waals surface area contributed by atoms with E-state index in [-0.39, 0.29) is 17.6 Å². The topological polar surface area (TPSA) is 49.9 Å². The van der Waals surface area contributed by atoms with Crippen molar-refractivity contribution in [2.45, 2.75) is 109 Å². The maximum atomic E-state index is 13.5. The first kappa shape index (κ1) is 26.6. The highest BCUT2D eigenvalue weighted by Gasteiger charge is 2.56. The van der Waals surface area contributed by atoms with Crippen molar-refractivity contribution in [3.8, 4) is 0 Å². The largest absolute Gasteiger partial charge is 0.435 e. The van der Waals surface area contributed by atoms with Gasteiger partial charge in [0.25, 0.3) is 0 Å². The van der Waals surface area contributed by atoms with Crippen LogP contribution in [-0.2, 0) is 23.8 Å². The molecule has 4 nitrogen and oxygen atoms in total. The van der Waals surface area contributed by atoms with Crippen molar-refractivity contribution in [1.29, 1.82) is 0 Å². The molecule has 2 saturated carbocycles. The zero-order chi connectivity index (χ0) is 26.8. The minimum atomic E-state index is -4.43. The molecule has 0 unspecified atom stereocenters. The Hall–Kier alpha value is -1.60. The van der Waals surface area contributed by atoms with Crippen LogP contribution < -0.4 is 5.32 Å². The standard InChI is InChI=1S/C31H44F3N3O/c1-5-6-24-26(36-37-29(24)31(32,33)34)13-20-7-8-22-21(12-20)14-25-18(3)15-30(10-9-23(22)25)19(4)28-27(38-30)11-17(2)16-35-28/h5,17,19-23,27-28,35H,1,6-16H2,2-4H3,(H,36,37)/t17-,19+,20-,21-,22+,23-,27+,28-,30-/m0/s1. The highest BCUT2D eigenvalue weighted by Crippen LogP contribution is 2.58. The van der Waals surface area contributed by atoms with Gasteiger partial charge in [0.05, 0.1) is 11.7 Å². The lowest BCUT2D eigenvalue weighted by Gasteiger charge is -2.36. The third-order valence-electron chi connectivity index (χ3n) is 11.1. The summed E-state index contributed by atoms with van der Waals surface area (Å²) in [6.07, 6.45) is 7.46. The van der Waals surface area contributed by atoms with Gasteiger partial charge in [0.2, 0.25) is 0 Å². The zero-order valence-corrected chi connectivity index (χ0v) is 23.2. The average Bonchev–Trinajstić information content (AvgIpc) is 3.47. The van der Waals surface area contributed by atoms with Crippen molar-refractivity contribution in [2.75, 3.05) is 6.54 Å². The molecule has 210 valence electrons. The first-order valence-corrected chi connectivity index (χ1v) is 14.9. The van der Waals surface area contributed by atoms with Crippen molar-refractivity contribution in [3.05, 3.63) is 40.8 Å². The second-order valence-corrected chi connectivity index (χ2v) is 13.4. The number of fused-ring (bicyclic) bond motifs is 4. The number of hydrogen-bond acceptors (Lipinski definition) is 3. The van der Waals surface area contributed by atoms with Crippen molar-refractivity contribution >= 4 is 0 Å². The van der Waals surface area contributed by atoms with Crippen LogP contribution in [0.3, 0.4) is 0 Å². The lowest BCUT2D eigenvalue weighted by molar-refractivity contribution is -0.141. The molecule has 5 aliphatic rings. The Morgan fingerprint density at radius 1 is 1.18 bits per heavy atom. The van der Waals surface area contributed by atoms with Crippen molar-refractivity contribution in [3.63, 3.8) is 0 Å². The lowest BCUT2D eigenvalue weighted by Crippen LogP contribution is -2.48. The molecule has 2 aliphatic heterocycles. The number of rotatable bonds is 4. The molecule has 2 saturated heterocycles. The number of halogens is 3. The Bertz CT molecular complexity index is 1090. The van der Waals surface area contributed by atoms with Gasteiger partial charge >= 0.3 is 6.18 Å². The number of H-pyrrole nitrogens is 1. The van der Waals surface area contributed by atoms with Crippen LogP contribution in [0.5, 0.6) is 0 Å². The number of nitrogens with one attached hydrogen (secondary N) is 2. The first-order valence-electron chi connectivity index (χ1n) is 14.9. The van der Waals surface area contributed by atoms with Crippen LogP contribution in [0.1, 0.15) is 89.1 Å². The van der Waals surface area contributed by atoms with Crippen molar-refractivity contribution in [2.24, 2.45) is 35.5 Å². The van der Waals surface area contributed by atoms with Crippen LogP contribution in [0.15, 0.2) is 23.8 Å². The van der Waals surface area contributed by atoms with E-state index >= 15 is 0 Å². The van der Waals surface area contributed by atoms with E-state index in [1.807, 2.05) is 0 Å². The molecule has 6 rings (SSSR count). The van der Waals surface area contributed by atoms with Crippen molar-refractivity contribution in [1.82, 2.24) is 15.5 Å². The predicted molar refractivity (Wildman–Crippen MR) is 143 cm³/mol. The quantitative estimate of drug-likeness (QED) is 0.411. The van der Waals surface area contributed by atoms with Gasteiger partial charge in [-0.05, 0) is 107 Å². The summed E-state index contributed by atoms with van der Waals surface area (Å²) in [7, 11) is 0. The predicted octanol–water partition coefficient (Wildman–Crippen LogP) is 7.02. The zero-order valence-electron chi connectivity index (χ0n) is 23.2. The van der Waals surface area contributed by atoms with E-state index < -0.39 is 11.9 Å². The summed E-state index contributed by atoms with van der Waals surface area (Å²) in [4.78, 5) is 0. The van der Waals surface area contributed by atoms with Gasteiger partial charge in [-0.2, -0.15) is 18.3 Å². The molecule has 9 atom stereocenters. The lowest BCUT2D eigenvalue weighted by atomic mass is 9.70. The summed E-state index contributed by atoms with van der Waals surface area (Å²) in [6, 6.07) is 0.483. The highest BCUT2D eigenvalue weighted by atomic mass is 19.4. The van der Waals surface area contributed by atoms with Crippen molar-refractivity contribution < 1.29 is 17.9 Å². The number of ether oxygens (including phenoxy) is 1. The fraction of sp³-hybridized carbons (Fsp3) is 0.774. The van der Waals surface area contributed by atoms with E-state index in [0.717, 1.165) is 32.2 Å². The van der Waals surface area contributed by atoms with Gasteiger partial charge in [0.1, 0.15) is 0 Å². The normalized spacial score (nSPS) is 41.1. The molecule has 3 heterocycles. The van der Waals surface area contributed by atoms with Crippen LogP contribution in [0.2, 0.25) is 0 Å². The molecule has 1 aromatic heterocycles. The fourth-order valence-electron chi connectivity index (χ4n) is 9.35. The van der Waals surface area contributed by atoms with E-state index in [1.165, 1.54) is 25.7 Å². The monoisotopic (exact) mass is 531 g/mol. The summed E-state index contributed by atoms with van der Waals surface area (Å²) < 4.78 is 47.4. The summed E-state index contributed by atoms with van der Waals surface area (Å²) in [5.41, 5.74) is 3.39. The number of aromatic nitrogens is 2. The summed E-state index contributed by atoms with van der Waals surface area (Å²) >= 11 is 0. The molecule has 1 aromatic rings. The van der Waals surface area contributed by atoms with Gasteiger partial charge in [-0.15, -0.1) is 6.58 Å². The third-order valence-corrected chi connectivity index (χ3v) is 11.1. The number of allylic oxidation sites excluding steroid dienone is 2. The van der Waals surface area contributed by atoms with Crippen LogP contribution in [0, 0.1) is 35.5 Å². The van der Waals surface area contributed by atoms with E-state index in [4.69, 9.17) is 4.74 Å². The number of alkyl halides is 3. The van der Waals surface area contributed by atoms with E-state index in [9.17, 15) is 13.2 Å². The van der Waals surface area contributed by atoms with E-state index in [1.54, 1.807) is 17.2 Å². The average molecular weight is 532 g/mol. The summed E-state index contributed by atoms with van der Waals surface area (Å²) in [5, 5.41) is 10.2. The van der Waals surface area contributed by atoms with Crippen LogP contribution in [-0.4, -0.2) is 34.5 Å². The van der Waals surface area contributed by atoms with Gasteiger partial charge in [-0.3, -0.25) is 5.10 Å². The first-order chi connectivity index (χ1) is 18.1. The molecule has 1 spiro atoms. The number of aromatic amines is 1. The molecular weight excluding hydrogens is 487 g/mol. The maximum Gasteiger partial charge on any atom is 0.435 e. The molecule has 4 fully saturated rings. The smallest absolute Gasteiger partial charge is 0.369 e. The van der Waals surface area contributed by atoms with Gasteiger partial charge in [-0.25, -0.2) is 0 Å². The summed E-state index contributed by atoms with van der Waals surface area (Å²) in [5.74, 6) is 3.63. The molecule has 0 bridgehead atoms. The van der Waals surface area contributed by atoms with Gasteiger partial charge in [0, 0.05) is 23.2 Å². The Morgan fingerprint density at radius 2 is 2.00 bits per heavy atom. The van der Waals surface area contributed by atoms with Crippen LogP contribution >= 0.6 is 0 Å². The third kappa shape index (κ3) is 4.49. The highest BCUT2D eigenvalue weighted by molar-refractivity contribution is 5.31. The molecule has 0 radical (unpaired) electrons. The minimum Gasteiger partial charge on any atom is -0.369 e. The second kappa shape index (κ2) is 9.79. The number of nitrogens with zero attached hydrogens (tertiary/aromatic N) is 1. The van der Waals surface area contributed by atoms with Gasteiger partial charge < -0.3 is 10.1 Å². The molecule has 7 heteroatoms. The Kier molecular flexibility index (Phi) is 6.86. The summed E-state index contributed by atoms with van der Waals surface area (Å²) in [6.45, 7) is 11.9. The minimum absolute atomic E-state index is 0.0289. The maximum absolute atomic E-state index is 13.5. The fourth-order valence-corrected chi connectivity index (χ4v) is 9.35. The van der Waals surface area contributed by atoms with E-state index in [0.29, 0.717) is 59.8 Å². The molecular formula is C31H44F3N3O. The molecule has 3 aliphatic carbocycles. The molecule has 0 aromatic carbocycles. The number of hydrogen-bond donors (Lipinski definition) is 2. The van der Waals surface area contributed by atoms with E-state index in [2.05, 4.69) is 42.9 Å². The SMILES string of the molecule is C=CCc1c(C(F)(F)F)n[nH]c1C[C@H]1CC[C@@H]2[C@H](CC3=C(C)C[C@]4(CC[C@H]32)O[C@@H]2C[C@H](C)CN[C@H]2[C@H]4C)C1. The molecule has 0 amide bonds. The van der Waals surface area contributed by atoms with Crippen LogP contribution in [0.4, 0.5) is 13.2 Å². The second-order valence-electron chi connectivity index (χ2n) is 13.4. The Balaban J connectivity index is 1.16. The number of piperidine rings is 1. The molecule has 38 heavy (non-hydrogen) atoms.